The lowest BCUT2D eigenvalue weighted by molar-refractivity contribution is 0.232. The van der Waals surface area contributed by atoms with Gasteiger partial charge in [-0.05, 0) is 64.0 Å². The maximum absolute atomic E-state index is 2.41. The van der Waals surface area contributed by atoms with Crippen LogP contribution in [-0.2, 0) is 0 Å². The highest BCUT2D eigenvalue weighted by Gasteiger charge is 2.38. The summed E-state index contributed by atoms with van der Waals surface area (Å²) in [6.45, 7) is 2.41. The number of nitrogens with zero attached hydrogens (tertiary/aromatic N) is 1. The minimum atomic E-state index is -0.275. The molecule has 0 heterocycles. The highest BCUT2D eigenvalue weighted by molar-refractivity contribution is 7.73. The Morgan fingerprint density at radius 1 is 0.870 bits per heavy atom. The van der Waals surface area contributed by atoms with Gasteiger partial charge in [0.15, 0.2) is 0 Å². The van der Waals surface area contributed by atoms with Crippen LogP contribution >= 0.6 is 7.92 Å². The summed E-state index contributed by atoms with van der Waals surface area (Å²) in [5, 5.41) is 3.08. The van der Waals surface area contributed by atoms with Gasteiger partial charge >= 0.3 is 0 Å². The molecule has 0 N–H and O–H groups in total. The van der Waals surface area contributed by atoms with Crippen LogP contribution < -0.4 is 10.6 Å². The molecule has 0 amide bonds. The lowest BCUT2D eigenvalue weighted by atomic mass is 9.98. The molecule has 1 nitrogen and oxygen atoms in total. The molecule has 122 valence electrons. The van der Waals surface area contributed by atoms with Crippen LogP contribution in [0.1, 0.15) is 26.2 Å². The SMILES string of the molecule is C[C@@H]([C@H]1CCC[C@H]1P(c1ccccc1)c1ccccc1)N(C)C. The summed E-state index contributed by atoms with van der Waals surface area (Å²) in [4.78, 5) is 2.41. The smallest absolute Gasteiger partial charge is 0.00953 e. The lowest BCUT2D eigenvalue weighted by Gasteiger charge is -2.36. The monoisotopic (exact) mass is 325 g/mol. The van der Waals surface area contributed by atoms with Crippen molar-refractivity contribution in [1.29, 1.82) is 0 Å². The molecule has 0 aliphatic heterocycles. The van der Waals surface area contributed by atoms with Crippen LogP contribution in [-0.4, -0.2) is 30.7 Å². The van der Waals surface area contributed by atoms with Crippen LogP contribution in [0.4, 0.5) is 0 Å². The number of hydrogen-bond donors (Lipinski definition) is 0. The Bertz CT molecular complexity index is 556. The van der Waals surface area contributed by atoms with Crippen LogP contribution in [0.25, 0.3) is 0 Å². The number of benzene rings is 2. The van der Waals surface area contributed by atoms with Gasteiger partial charge in [-0.15, -0.1) is 0 Å². The third kappa shape index (κ3) is 3.67. The number of hydrogen-bond acceptors (Lipinski definition) is 1. The Balaban J connectivity index is 1.98. The summed E-state index contributed by atoms with van der Waals surface area (Å²) in [6.07, 6.45) is 4.13. The minimum absolute atomic E-state index is 0.275. The molecule has 0 bridgehead atoms. The molecule has 0 saturated heterocycles. The summed E-state index contributed by atoms with van der Waals surface area (Å²) in [5.41, 5.74) is 0.798. The van der Waals surface area contributed by atoms with E-state index in [1.807, 2.05) is 0 Å². The second-order valence-electron chi connectivity index (χ2n) is 6.91. The topological polar surface area (TPSA) is 3.24 Å². The van der Waals surface area contributed by atoms with Gasteiger partial charge in [0.05, 0.1) is 0 Å². The van der Waals surface area contributed by atoms with E-state index in [9.17, 15) is 0 Å². The molecule has 1 aliphatic carbocycles. The zero-order chi connectivity index (χ0) is 16.2. The van der Waals surface area contributed by atoms with Crippen molar-refractivity contribution in [2.24, 2.45) is 5.92 Å². The first-order valence-corrected chi connectivity index (χ1v) is 10.2. The normalized spacial score (nSPS) is 22.7. The Kier molecular flexibility index (Phi) is 5.51. The van der Waals surface area contributed by atoms with Gasteiger partial charge < -0.3 is 4.90 Å². The standard InChI is InChI=1S/C21H28NP/c1-17(22(2)3)20-15-10-16-21(20)23(18-11-6-4-7-12-18)19-13-8-5-9-14-19/h4-9,11-14,17,20-21H,10,15-16H2,1-3H3/t17-,20+,21+/m0/s1. The van der Waals surface area contributed by atoms with Crippen molar-refractivity contribution in [2.45, 2.75) is 37.9 Å². The van der Waals surface area contributed by atoms with Gasteiger partial charge in [-0.25, -0.2) is 0 Å². The van der Waals surface area contributed by atoms with Gasteiger partial charge in [0.1, 0.15) is 0 Å². The van der Waals surface area contributed by atoms with E-state index >= 15 is 0 Å². The summed E-state index contributed by atoms with van der Waals surface area (Å²) < 4.78 is 0. The fraction of sp³-hybridized carbons (Fsp3) is 0.429. The minimum Gasteiger partial charge on any atom is -0.306 e. The molecular formula is C21H28NP. The van der Waals surface area contributed by atoms with Crippen LogP contribution in [0.15, 0.2) is 60.7 Å². The third-order valence-corrected chi connectivity index (χ3v) is 8.38. The quantitative estimate of drug-likeness (QED) is 0.743. The molecule has 0 aromatic heterocycles. The van der Waals surface area contributed by atoms with Gasteiger partial charge in [-0.1, -0.05) is 67.1 Å². The maximum Gasteiger partial charge on any atom is 0.00953 e. The first-order chi connectivity index (χ1) is 11.2. The third-order valence-electron chi connectivity index (χ3n) is 5.37. The van der Waals surface area contributed by atoms with Crippen molar-refractivity contribution in [3.05, 3.63) is 60.7 Å². The highest BCUT2D eigenvalue weighted by atomic mass is 31.1. The van der Waals surface area contributed by atoms with E-state index in [0.717, 1.165) is 11.6 Å². The van der Waals surface area contributed by atoms with Crippen molar-refractivity contribution in [1.82, 2.24) is 4.90 Å². The van der Waals surface area contributed by atoms with Gasteiger partial charge in [-0.3, -0.25) is 0 Å². The molecular weight excluding hydrogens is 297 g/mol. The first-order valence-electron chi connectivity index (χ1n) is 8.74. The average molecular weight is 325 g/mol. The van der Waals surface area contributed by atoms with Gasteiger partial charge in [0, 0.05) is 6.04 Å². The molecule has 2 heteroatoms. The Morgan fingerprint density at radius 2 is 1.39 bits per heavy atom. The Hall–Kier alpha value is -1.17. The summed E-state index contributed by atoms with van der Waals surface area (Å²) in [5.74, 6) is 0.802. The fourth-order valence-electron chi connectivity index (χ4n) is 3.94. The van der Waals surface area contributed by atoms with Crippen molar-refractivity contribution >= 4 is 18.5 Å². The van der Waals surface area contributed by atoms with E-state index in [1.54, 1.807) is 0 Å². The van der Waals surface area contributed by atoms with Crippen LogP contribution in [0, 0.1) is 5.92 Å². The highest BCUT2D eigenvalue weighted by Crippen LogP contribution is 2.51. The zero-order valence-electron chi connectivity index (χ0n) is 14.5. The first kappa shape index (κ1) is 16.7. The summed E-state index contributed by atoms with van der Waals surface area (Å²) in [7, 11) is 4.18. The van der Waals surface area contributed by atoms with E-state index in [4.69, 9.17) is 0 Å². The molecule has 2 aromatic rings. The van der Waals surface area contributed by atoms with E-state index in [1.165, 1.54) is 29.9 Å². The zero-order valence-corrected chi connectivity index (χ0v) is 15.4. The second-order valence-corrected chi connectivity index (χ2v) is 9.34. The molecule has 2 aromatic carbocycles. The Labute approximate surface area is 142 Å². The molecule has 1 aliphatic rings. The lowest BCUT2D eigenvalue weighted by Crippen LogP contribution is -2.38. The molecule has 1 saturated carbocycles. The second kappa shape index (κ2) is 7.60. The van der Waals surface area contributed by atoms with E-state index in [-0.39, 0.29) is 7.92 Å². The van der Waals surface area contributed by atoms with Gasteiger partial charge in [0.25, 0.3) is 0 Å². The Morgan fingerprint density at radius 3 is 1.87 bits per heavy atom. The van der Waals surface area contributed by atoms with E-state index in [0.29, 0.717) is 6.04 Å². The predicted octanol–water partition coefficient (Wildman–Crippen LogP) is 4.24. The van der Waals surface area contributed by atoms with Crippen LogP contribution in [0.5, 0.6) is 0 Å². The molecule has 0 spiro atoms. The van der Waals surface area contributed by atoms with Crippen molar-refractivity contribution in [2.75, 3.05) is 14.1 Å². The van der Waals surface area contributed by atoms with Crippen molar-refractivity contribution in [3.8, 4) is 0 Å². The predicted molar refractivity (Wildman–Crippen MR) is 103 cm³/mol. The van der Waals surface area contributed by atoms with Gasteiger partial charge in [-0.2, -0.15) is 0 Å². The maximum atomic E-state index is 2.41. The van der Waals surface area contributed by atoms with Gasteiger partial charge in [0.2, 0.25) is 0 Å². The molecule has 3 atom stereocenters. The van der Waals surface area contributed by atoms with Crippen LogP contribution in [0.3, 0.4) is 0 Å². The number of rotatable bonds is 5. The van der Waals surface area contributed by atoms with Crippen LogP contribution in [0.2, 0.25) is 0 Å². The largest absolute Gasteiger partial charge is 0.306 e. The fourth-order valence-corrected chi connectivity index (χ4v) is 7.22. The van der Waals surface area contributed by atoms with Crippen molar-refractivity contribution < 1.29 is 0 Å². The van der Waals surface area contributed by atoms with E-state index < -0.39 is 0 Å². The molecule has 3 rings (SSSR count). The van der Waals surface area contributed by atoms with E-state index in [2.05, 4.69) is 86.6 Å². The molecule has 23 heavy (non-hydrogen) atoms. The van der Waals surface area contributed by atoms with Crippen molar-refractivity contribution in [3.63, 3.8) is 0 Å². The molecule has 0 unspecified atom stereocenters. The average Bonchev–Trinajstić information content (AvgIpc) is 3.05. The molecule has 0 radical (unpaired) electrons. The molecule has 1 fully saturated rings. The summed E-state index contributed by atoms with van der Waals surface area (Å²) >= 11 is 0. The summed E-state index contributed by atoms with van der Waals surface area (Å²) in [6, 6.07) is 23.1.